The van der Waals surface area contributed by atoms with Gasteiger partial charge in [-0.25, -0.2) is 4.39 Å². The predicted molar refractivity (Wildman–Crippen MR) is 73.5 cm³/mol. The van der Waals surface area contributed by atoms with Gasteiger partial charge < -0.3 is 0 Å². The molecule has 2 aromatic rings. The highest BCUT2D eigenvalue weighted by Crippen LogP contribution is 2.28. The maximum atomic E-state index is 13.2. The minimum atomic E-state index is -0.815. The second-order valence-electron chi connectivity index (χ2n) is 3.76. The molecule has 1 unspecified atom stereocenters. The molecule has 2 rings (SSSR count). The molecule has 0 aromatic heterocycles. The van der Waals surface area contributed by atoms with Gasteiger partial charge in [0.1, 0.15) is 11.2 Å². The van der Waals surface area contributed by atoms with E-state index in [1.54, 1.807) is 24.3 Å². The van der Waals surface area contributed by atoms with Crippen molar-refractivity contribution in [1.82, 2.24) is 0 Å². The summed E-state index contributed by atoms with van der Waals surface area (Å²) in [7, 11) is 0. The topological polar surface area (TPSA) is 17.1 Å². The molecule has 0 saturated heterocycles. The summed E-state index contributed by atoms with van der Waals surface area (Å²) in [5.74, 6) is -0.785. The Morgan fingerprint density at radius 2 is 1.83 bits per heavy atom. The van der Waals surface area contributed by atoms with Gasteiger partial charge in [0.25, 0.3) is 0 Å². The summed E-state index contributed by atoms with van der Waals surface area (Å²) in [5.41, 5.74) is 0.944. The summed E-state index contributed by atoms with van der Waals surface area (Å²) in [4.78, 5) is 12.2. The molecule has 0 spiro atoms. The molecule has 0 fully saturated rings. The van der Waals surface area contributed by atoms with E-state index in [1.807, 2.05) is 6.07 Å². The highest BCUT2D eigenvalue weighted by atomic mass is 79.9. The Morgan fingerprint density at radius 1 is 1.17 bits per heavy atom. The number of ketones is 1. The van der Waals surface area contributed by atoms with Crippen LogP contribution >= 0.6 is 27.5 Å². The van der Waals surface area contributed by atoms with E-state index in [2.05, 4.69) is 15.9 Å². The van der Waals surface area contributed by atoms with Crippen molar-refractivity contribution in [3.05, 3.63) is 69.9 Å². The maximum Gasteiger partial charge on any atom is 0.186 e. The Kier molecular flexibility index (Phi) is 4.15. The van der Waals surface area contributed by atoms with Crippen molar-refractivity contribution < 1.29 is 9.18 Å². The van der Waals surface area contributed by atoms with Crippen molar-refractivity contribution in [3.63, 3.8) is 0 Å². The van der Waals surface area contributed by atoms with Crippen LogP contribution in [0.3, 0.4) is 0 Å². The number of rotatable bonds is 3. The van der Waals surface area contributed by atoms with E-state index in [4.69, 9.17) is 11.6 Å². The Hall–Kier alpha value is -1.19. The zero-order valence-corrected chi connectivity index (χ0v) is 11.6. The first-order valence-corrected chi connectivity index (χ1v) is 6.51. The molecule has 0 bridgehead atoms. The fraction of sp³-hybridized carbons (Fsp3) is 0.0714. The summed E-state index contributed by atoms with van der Waals surface area (Å²) in [6, 6.07) is 13.0. The van der Waals surface area contributed by atoms with Gasteiger partial charge in [0.15, 0.2) is 5.78 Å². The van der Waals surface area contributed by atoms with Crippen LogP contribution in [0, 0.1) is 5.82 Å². The SMILES string of the molecule is O=C(c1cc(F)ccc1Br)C(Cl)c1ccccc1. The van der Waals surface area contributed by atoms with Crippen LogP contribution in [-0.2, 0) is 0 Å². The van der Waals surface area contributed by atoms with Crippen LogP contribution in [0.1, 0.15) is 21.3 Å². The maximum absolute atomic E-state index is 13.2. The smallest absolute Gasteiger partial charge is 0.186 e. The molecule has 0 aliphatic carbocycles. The van der Waals surface area contributed by atoms with Crippen LogP contribution in [0.5, 0.6) is 0 Å². The van der Waals surface area contributed by atoms with Gasteiger partial charge in [-0.2, -0.15) is 0 Å². The van der Waals surface area contributed by atoms with Crippen LogP contribution in [0.4, 0.5) is 4.39 Å². The van der Waals surface area contributed by atoms with Gasteiger partial charge in [0, 0.05) is 10.0 Å². The number of benzene rings is 2. The standard InChI is InChI=1S/C14H9BrClFO/c15-12-7-6-10(17)8-11(12)14(18)13(16)9-4-2-1-3-5-9/h1-8,13H. The van der Waals surface area contributed by atoms with E-state index >= 15 is 0 Å². The van der Waals surface area contributed by atoms with Gasteiger partial charge in [-0.1, -0.05) is 46.3 Å². The lowest BCUT2D eigenvalue weighted by atomic mass is 10.0. The first kappa shape index (κ1) is 13.2. The molecule has 0 amide bonds. The van der Waals surface area contributed by atoms with Crippen LogP contribution in [-0.4, -0.2) is 5.78 Å². The van der Waals surface area contributed by atoms with Crippen molar-refractivity contribution in [2.45, 2.75) is 5.38 Å². The third-order valence-electron chi connectivity index (χ3n) is 2.52. The van der Waals surface area contributed by atoms with E-state index in [9.17, 15) is 9.18 Å². The van der Waals surface area contributed by atoms with Crippen molar-refractivity contribution in [1.29, 1.82) is 0 Å². The van der Waals surface area contributed by atoms with Crippen molar-refractivity contribution in [3.8, 4) is 0 Å². The van der Waals surface area contributed by atoms with Gasteiger partial charge in [-0.3, -0.25) is 4.79 Å². The van der Waals surface area contributed by atoms with E-state index in [0.717, 1.165) is 0 Å². The molecule has 92 valence electrons. The minimum absolute atomic E-state index is 0.249. The summed E-state index contributed by atoms with van der Waals surface area (Å²) < 4.78 is 13.7. The Labute approximate surface area is 118 Å². The Bertz CT molecular complexity index is 571. The average molecular weight is 328 g/mol. The molecule has 2 aromatic carbocycles. The molecule has 0 N–H and O–H groups in total. The fourth-order valence-corrected chi connectivity index (χ4v) is 2.30. The normalized spacial score (nSPS) is 12.2. The lowest BCUT2D eigenvalue weighted by Crippen LogP contribution is -2.08. The number of Topliss-reactive ketones (excluding diaryl/α,β-unsaturated/α-hetero) is 1. The highest BCUT2D eigenvalue weighted by molar-refractivity contribution is 9.10. The molecule has 1 nitrogen and oxygen atoms in total. The van der Waals surface area contributed by atoms with Crippen molar-refractivity contribution >= 4 is 33.3 Å². The van der Waals surface area contributed by atoms with Crippen LogP contribution in [0.2, 0.25) is 0 Å². The zero-order valence-electron chi connectivity index (χ0n) is 9.24. The van der Waals surface area contributed by atoms with E-state index in [-0.39, 0.29) is 11.3 Å². The molecule has 4 heteroatoms. The molecule has 1 atom stereocenters. The summed E-state index contributed by atoms with van der Waals surface area (Å²) in [6.07, 6.45) is 0. The zero-order chi connectivity index (χ0) is 13.1. The van der Waals surface area contributed by atoms with Gasteiger partial charge in [-0.15, -0.1) is 11.6 Å². The van der Waals surface area contributed by atoms with Gasteiger partial charge in [0.2, 0.25) is 0 Å². The number of carbonyl (C=O) groups is 1. The predicted octanol–water partition coefficient (Wildman–Crippen LogP) is 4.75. The summed E-state index contributed by atoms with van der Waals surface area (Å²) in [5, 5.41) is -0.815. The Morgan fingerprint density at radius 3 is 2.50 bits per heavy atom. The largest absolute Gasteiger partial charge is 0.292 e. The first-order chi connectivity index (χ1) is 8.59. The second kappa shape index (κ2) is 5.63. The number of alkyl halides is 1. The van der Waals surface area contributed by atoms with Gasteiger partial charge >= 0.3 is 0 Å². The monoisotopic (exact) mass is 326 g/mol. The third-order valence-corrected chi connectivity index (χ3v) is 3.66. The Balaban J connectivity index is 2.34. The average Bonchev–Trinajstić information content (AvgIpc) is 2.41. The van der Waals surface area contributed by atoms with E-state index in [1.165, 1.54) is 18.2 Å². The first-order valence-electron chi connectivity index (χ1n) is 5.28. The van der Waals surface area contributed by atoms with Gasteiger partial charge in [0.05, 0.1) is 0 Å². The molecule has 0 heterocycles. The van der Waals surface area contributed by atoms with Crippen molar-refractivity contribution in [2.24, 2.45) is 0 Å². The number of carbonyl (C=O) groups excluding carboxylic acids is 1. The van der Waals surface area contributed by atoms with E-state index < -0.39 is 11.2 Å². The number of hydrogen-bond acceptors (Lipinski definition) is 1. The number of halogens is 3. The molecule has 0 saturated carbocycles. The molecule has 0 aliphatic rings. The molecular formula is C14H9BrClFO. The van der Waals surface area contributed by atoms with Gasteiger partial charge in [-0.05, 0) is 23.8 Å². The number of hydrogen-bond donors (Lipinski definition) is 0. The van der Waals surface area contributed by atoms with Crippen LogP contribution < -0.4 is 0 Å². The van der Waals surface area contributed by atoms with Crippen molar-refractivity contribution in [2.75, 3.05) is 0 Å². The van der Waals surface area contributed by atoms with Crippen LogP contribution in [0.15, 0.2) is 53.0 Å². The van der Waals surface area contributed by atoms with E-state index in [0.29, 0.717) is 10.0 Å². The highest BCUT2D eigenvalue weighted by Gasteiger charge is 2.21. The minimum Gasteiger partial charge on any atom is -0.292 e. The molecular weight excluding hydrogens is 319 g/mol. The van der Waals surface area contributed by atoms with Crippen LogP contribution in [0.25, 0.3) is 0 Å². The third kappa shape index (κ3) is 2.79. The second-order valence-corrected chi connectivity index (χ2v) is 5.05. The summed E-state index contributed by atoms with van der Waals surface area (Å²) in [6.45, 7) is 0. The lowest BCUT2D eigenvalue weighted by molar-refractivity contribution is 0.0986. The molecule has 0 aliphatic heterocycles. The fourth-order valence-electron chi connectivity index (χ4n) is 1.60. The quantitative estimate of drug-likeness (QED) is 0.587. The lowest BCUT2D eigenvalue weighted by Gasteiger charge is -2.10. The summed E-state index contributed by atoms with van der Waals surface area (Å²) >= 11 is 9.35. The molecule has 18 heavy (non-hydrogen) atoms. The molecule has 0 radical (unpaired) electrons.